The van der Waals surface area contributed by atoms with Crippen molar-refractivity contribution in [3.05, 3.63) is 117 Å². The molecule has 0 saturated carbocycles. The quantitative estimate of drug-likeness (QED) is 0.413. The molecule has 8 nitrogen and oxygen atoms in total. The minimum Gasteiger partial charge on any atom is -0.335 e. The highest BCUT2D eigenvalue weighted by Gasteiger charge is 2.40. The molecule has 1 saturated heterocycles. The maximum atomic E-state index is 13.9. The van der Waals surface area contributed by atoms with Gasteiger partial charge in [-0.1, -0.05) is 54.6 Å². The molecule has 0 unspecified atom stereocenters. The molecule has 8 heteroatoms. The predicted octanol–water partition coefficient (Wildman–Crippen LogP) is 3.15. The Hall–Kier alpha value is -4.72. The molecular formula is C29H25N5O3. The lowest BCUT2D eigenvalue weighted by Gasteiger charge is -2.20. The summed E-state index contributed by atoms with van der Waals surface area (Å²) in [6.07, 6.45) is 9.49. The van der Waals surface area contributed by atoms with Crippen molar-refractivity contribution >= 4 is 22.9 Å². The predicted molar refractivity (Wildman–Crippen MR) is 143 cm³/mol. The van der Waals surface area contributed by atoms with Gasteiger partial charge in [0.15, 0.2) is 0 Å². The van der Waals surface area contributed by atoms with Crippen molar-refractivity contribution in [3.63, 3.8) is 0 Å². The van der Waals surface area contributed by atoms with Gasteiger partial charge in [-0.3, -0.25) is 23.6 Å². The maximum absolute atomic E-state index is 13.9. The van der Waals surface area contributed by atoms with E-state index < -0.39 is 0 Å². The van der Waals surface area contributed by atoms with Gasteiger partial charge in [0, 0.05) is 25.6 Å². The van der Waals surface area contributed by atoms with Crippen molar-refractivity contribution in [3.8, 4) is 11.4 Å². The second-order valence-electron chi connectivity index (χ2n) is 9.34. The van der Waals surface area contributed by atoms with Gasteiger partial charge >= 0.3 is 0 Å². The molecule has 0 N–H and O–H groups in total. The molecule has 184 valence electrons. The number of rotatable bonds is 3. The molecule has 2 aromatic carbocycles. The third-order valence-corrected chi connectivity index (χ3v) is 7.31. The number of amides is 1. The summed E-state index contributed by atoms with van der Waals surface area (Å²) in [6.45, 7) is 1.80. The molecule has 2 aromatic heterocycles. The normalized spacial score (nSPS) is 19.8. The molecule has 37 heavy (non-hydrogen) atoms. The van der Waals surface area contributed by atoms with E-state index in [9.17, 15) is 14.4 Å². The first kappa shape index (κ1) is 22.7. The van der Waals surface area contributed by atoms with Crippen LogP contribution in [0.15, 0.2) is 94.1 Å². The van der Waals surface area contributed by atoms with E-state index >= 15 is 0 Å². The number of para-hydroxylation sites is 2. The monoisotopic (exact) mass is 491 g/mol. The smallest absolute Gasteiger partial charge is 0.296 e. The van der Waals surface area contributed by atoms with E-state index in [0.29, 0.717) is 27.9 Å². The van der Waals surface area contributed by atoms with Crippen molar-refractivity contribution in [1.82, 2.24) is 23.8 Å². The van der Waals surface area contributed by atoms with Crippen LogP contribution < -0.4 is 11.1 Å². The first-order valence-corrected chi connectivity index (χ1v) is 12.1. The lowest BCUT2D eigenvalue weighted by atomic mass is 9.91. The zero-order valence-corrected chi connectivity index (χ0v) is 20.7. The molecule has 1 aliphatic carbocycles. The highest BCUT2D eigenvalue weighted by atomic mass is 16.2. The fourth-order valence-electron chi connectivity index (χ4n) is 5.31. The van der Waals surface area contributed by atoms with Crippen LogP contribution in [-0.2, 0) is 11.8 Å². The Bertz CT molecular complexity index is 1790. The molecule has 2 atom stereocenters. The number of carbonyl (C=O) groups is 1. The van der Waals surface area contributed by atoms with Crippen LogP contribution in [0.25, 0.3) is 28.4 Å². The summed E-state index contributed by atoms with van der Waals surface area (Å²) < 4.78 is 4.61. The molecule has 4 aromatic rings. The molecule has 1 fully saturated rings. The highest BCUT2D eigenvalue weighted by molar-refractivity contribution is 6.01. The van der Waals surface area contributed by atoms with Crippen molar-refractivity contribution in [2.75, 3.05) is 7.05 Å². The van der Waals surface area contributed by atoms with Gasteiger partial charge < -0.3 is 4.90 Å². The van der Waals surface area contributed by atoms with Gasteiger partial charge in [0.25, 0.3) is 17.0 Å². The Morgan fingerprint density at radius 2 is 1.57 bits per heavy atom. The second-order valence-corrected chi connectivity index (χ2v) is 9.34. The fourth-order valence-corrected chi connectivity index (χ4v) is 5.31. The fraction of sp³-hybridized carbons (Fsp3) is 0.172. The first-order chi connectivity index (χ1) is 17.9. The molecular weight excluding hydrogens is 466 g/mol. The van der Waals surface area contributed by atoms with Crippen LogP contribution >= 0.6 is 0 Å². The topological polar surface area (TPSA) is 82.1 Å². The van der Waals surface area contributed by atoms with E-state index in [4.69, 9.17) is 4.98 Å². The number of allylic oxidation sites excluding steroid dienone is 2. The molecule has 6 rings (SSSR count). The Balaban J connectivity index is 1.66. The van der Waals surface area contributed by atoms with Crippen LogP contribution in [0, 0.1) is 12.8 Å². The number of hydrogen-bond donors (Lipinski definition) is 0. The van der Waals surface area contributed by atoms with E-state index in [0.717, 1.165) is 0 Å². The van der Waals surface area contributed by atoms with Crippen LogP contribution in [0.5, 0.6) is 0 Å². The summed E-state index contributed by atoms with van der Waals surface area (Å²) in [5, 5.41) is 0.395. The lowest BCUT2D eigenvalue weighted by Crippen LogP contribution is -2.29. The Kier molecular flexibility index (Phi) is 5.19. The van der Waals surface area contributed by atoms with Crippen LogP contribution in [-0.4, -0.2) is 42.8 Å². The number of fused-ring (bicyclic) bond motifs is 2. The number of benzene rings is 2. The molecule has 1 aliphatic heterocycles. The summed E-state index contributed by atoms with van der Waals surface area (Å²) in [4.78, 5) is 47.5. The summed E-state index contributed by atoms with van der Waals surface area (Å²) in [7, 11) is 3.55. The summed E-state index contributed by atoms with van der Waals surface area (Å²) in [5.74, 6) is -0.0566. The number of hydrogen-bond acceptors (Lipinski definition) is 4. The number of carbonyl (C=O) groups excluding carboxylic acids is 1. The number of likely N-dealkylation sites (N-methyl/N-ethyl adjacent to an activating group) is 1. The van der Waals surface area contributed by atoms with E-state index in [1.807, 2.05) is 60.7 Å². The molecule has 0 radical (unpaired) electrons. The third kappa shape index (κ3) is 3.36. The summed E-state index contributed by atoms with van der Waals surface area (Å²) in [5.41, 5.74) is 1.80. The van der Waals surface area contributed by atoms with Gasteiger partial charge in [-0.25, -0.2) is 9.67 Å². The highest BCUT2D eigenvalue weighted by Crippen LogP contribution is 2.34. The standard InChI is InChI=1S/C29H25N5O3/c1-18-26(29(37)34(32(18)3)19-11-5-4-6-12-19)33-25(30-23-15-9-7-14-21(23)28(33)36)17-22-20-13-8-10-16-24(20)31(2)27(22)35/h4-17,20,24H,1-3H3/t20-,24-/m1/s1. The van der Waals surface area contributed by atoms with Crippen molar-refractivity contribution in [2.24, 2.45) is 13.0 Å². The molecule has 0 spiro atoms. The number of likely N-dealkylation sites (tertiary alicyclic amines) is 1. The van der Waals surface area contributed by atoms with Crippen LogP contribution in [0.3, 0.4) is 0 Å². The van der Waals surface area contributed by atoms with Gasteiger partial charge in [0.1, 0.15) is 11.5 Å². The Morgan fingerprint density at radius 3 is 2.35 bits per heavy atom. The summed E-state index contributed by atoms with van der Waals surface area (Å²) in [6, 6.07) is 16.2. The van der Waals surface area contributed by atoms with Gasteiger partial charge in [-0.05, 0) is 37.3 Å². The lowest BCUT2D eigenvalue weighted by molar-refractivity contribution is -0.124. The SMILES string of the molecule is Cc1c(-n2c(C=C3C(=O)N(C)[C@@H]4C=CC=C[C@H]34)nc3ccccc3c2=O)c(=O)n(-c2ccccc2)n1C. The minimum absolute atomic E-state index is 0.0989. The third-order valence-electron chi connectivity index (χ3n) is 7.31. The number of aromatic nitrogens is 4. The summed E-state index contributed by atoms with van der Waals surface area (Å²) >= 11 is 0. The molecule has 3 heterocycles. The average molecular weight is 492 g/mol. The van der Waals surface area contributed by atoms with Crippen LogP contribution in [0.1, 0.15) is 11.5 Å². The van der Waals surface area contributed by atoms with Crippen molar-refractivity contribution < 1.29 is 4.79 Å². The average Bonchev–Trinajstić information content (AvgIpc) is 3.28. The molecule has 2 aliphatic rings. The van der Waals surface area contributed by atoms with E-state index in [1.54, 1.807) is 54.9 Å². The van der Waals surface area contributed by atoms with Crippen LogP contribution in [0.4, 0.5) is 0 Å². The van der Waals surface area contributed by atoms with Gasteiger partial charge in [0.2, 0.25) is 0 Å². The molecule has 0 bridgehead atoms. The van der Waals surface area contributed by atoms with Gasteiger partial charge in [-0.15, -0.1) is 0 Å². The van der Waals surface area contributed by atoms with E-state index in [-0.39, 0.29) is 40.5 Å². The van der Waals surface area contributed by atoms with Crippen molar-refractivity contribution in [2.45, 2.75) is 13.0 Å². The Labute approximate surface area is 212 Å². The first-order valence-electron chi connectivity index (χ1n) is 12.1. The van der Waals surface area contributed by atoms with Gasteiger partial charge in [-0.2, -0.15) is 0 Å². The Morgan fingerprint density at radius 1 is 0.865 bits per heavy atom. The second kappa shape index (κ2) is 8.44. The van der Waals surface area contributed by atoms with Crippen LogP contribution in [0.2, 0.25) is 0 Å². The molecule has 1 amide bonds. The number of nitrogens with zero attached hydrogens (tertiary/aromatic N) is 5. The largest absolute Gasteiger partial charge is 0.335 e. The van der Waals surface area contributed by atoms with Gasteiger partial charge in [0.05, 0.1) is 28.3 Å². The van der Waals surface area contributed by atoms with Crippen molar-refractivity contribution in [1.29, 1.82) is 0 Å². The minimum atomic E-state index is -0.363. The maximum Gasteiger partial charge on any atom is 0.296 e. The zero-order chi connectivity index (χ0) is 25.8. The van der Waals surface area contributed by atoms with E-state index in [1.165, 1.54) is 9.25 Å². The van der Waals surface area contributed by atoms with E-state index in [2.05, 4.69) is 0 Å². The zero-order valence-electron chi connectivity index (χ0n) is 20.7.